The Hall–Kier alpha value is -2.31. The molecule has 0 radical (unpaired) electrons. The van der Waals surface area contributed by atoms with Crippen LogP contribution < -0.4 is 10.1 Å². The fourth-order valence-corrected chi connectivity index (χ4v) is 6.07. The molecule has 3 aromatic rings. The molecule has 4 rings (SSSR count). The molecule has 6 heteroatoms. The molecule has 0 saturated carbocycles. The first kappa shape index (κ1) is 20.0. The third-order valence-corrected chi connectivity index (χ3v) is 7.63. The van der Waals surface area contributed by atoms with Crippen molar-refractivity contribution in [3.63, 3.8) is 0 Å². The molecule has 2 heterocycles. The molecule has 150 valence electrons. The van der Waals surface area contributed by atoms with Gasteiger partial charge in [0.1, 0.15) is 17.6 Å². The Morgan fingerprint density at radius 2 is 1.79 bits per heavy atom. The molecular formula is C23H23NO3S2. The highest BCUT2D eigenvalue weighted by Gasteiger charge is 2.20. The highest BCUT2D eigenvalue weighted by atomic mass is 32.2. The normalized spacial score (nSPS) is 15.6. The van der Waals surface area contributed by atoms with E-state index in [9.17, 15) is 4.79 Å². The lowest BCUT2D eigenvalue weighted by Gasteiger charge is -2.21. The third-order valence-electron chi connectivity index (χ3n) is 4.62. The zero-order valence-corrected chi connectivity index (χ0v) is 17.6. The summed E-state index contributed by atoms with van der Waals surface area (Å²) in [4.78, 5) is 12.5. The fourth-order valence-electron chi connectivity index (χ4n) is 3.17. The van der Waals surface area contributed by atoms with E-state index >= 15 is 0 Å². The first-order valence-electron chi connectivity index (χ1n) is 9.63. The van der Waals surface area contributed by atoms with Gasteiger partial charge in [-0.2, -0.15) is 0 Å². The predicted octanol–water partition coefficient (Wildman–Crippen LogP) is 5.43. The zero-order chi connectivity index (χ0) is 19.9. The van der Waals surface area contributed by atoms with Crippen molar-refractivity contribution in [3.8, 4) is 5.75 Å². The molecule has 1 aromatic heterocycles. The lowest BCUT2D eigenvalue weighted by Crippen LogP contribution is -2.33. The summed E-state index contributed by atoms with van der Waals surface area (Å²) in [6.07, 6.45) is 2.89. The van der Waals surface area contributed by atoms with Gasteiger partial charge in [0.2, 0.25) is 0 Å². The van der Waals surface area contributed by atoms with Crippen LogP contribution in [-0.4, -0.2) is 24.0 Å². The van der Waals surface area contributed by atoms with Crippen LogP contribution in [0.25, 0.3) is 0 Å². The molecule has 1 aliphatic rings. The Kier molecular flexibility index (Phi) is 6.85. The number of furan rings is 1. The van der Waals surface area contributed by atoms with Gasteiger partial charge in [-0.1, -0.05) is 42.5 Å². The molecule has 1 saturated heterocycles. The van der Waals surface area contributed by atoms with Crippen molar-refractivity contribution in [1.29, 1.82) is 0 Å². The number of carbonyl (C=O) groups is 1. The largest absolute Gasteiger partial charge is 0.484 e. The maximum absolute atomic E-state index is 12.5. The Bertz CT molecular complexity index is 892. The summed E-state index contributed by atoms with van der Waals surface area (Å²) in [7, 11) is 0. The predicted molar refractivity (Wildman–Crippen MR) is 119 cm³/mol. The van der Waals surface area contributed by atoms with E-state index < -0.39 is 0 Å². The number of hydrogen-bond acceptors (Lipinski definition) is 5. The Labute approximate surface area is 179 Å². The van der Waals surface area contributed by atoms with Crippen LogP contribution in [0.15, 0.2) is 77.4 Å². The molecular weight excluding hydrogens is 402 g/mol. The molecule has 1 amide bonds. The van der Waals surface area contributed by atoms with Gasteiger partial charge in [0.25, 0.3) is 5.91 Å². The summed E-state index contributed by atoms with van der Waals surface area (Å²) in [5.74, 6) is 3.63. The van der Waals surface area contributed by atoms with Gasteiger partial charge in [0.05, 0.1) is 10.8 Å². The van der Waals surface area contributed by atoms with Crippen LogP contribution in [0.5, 0.6) is 5.75 Å². The van der Waals surface area contributed by atoms with E-state index in [0.717, 1.165) is 5.56 Å². The number of rotatable bonds is 7. The number of carbonyl (C=O) groups excluding carboxylic acids is 1. The summed E-state index contributed by atoms with van der Waals surface area (Å²) >= 11 is 3.99. The smallest absolute Gasteiger partial charge is 0.258 e. The quantitative estimate of drug-likeness (QED) is 0.547. The van der Waals surface area contributed by atoms with Crippen molar-refractivity contribution in [1.82, 2.24) is 5.32 Å². The summed E-state index contributed by atoms with van der Waals surface area (Å²) in [5.41, 5.74) is 2.26. The van der Waals surface area contributed by atoms with Gasteiger partial charge in [-0.25, -0.2) is 0 Å². The zero-order valence-electron chi connectivity index (χ0n) is 16.0. The van der Waals surface area contributed by atoms with E-state index in [-0.39, 0.29) is 18.6 Å². The van der Waals surface area contributed by atoms with E-state index in [4.69, 9.17) is 9.15 Å². The number of thioether (sulfide) groups is 2. The Balaban J connectivity index is 1.35. The number of benzene rings is 2. The van der Waals surface area contributed by atoms with Crippen molar-refractivity contribution < 1.29 is 13.9 Å². The highest BCUT2D eigenvalue weighted by molar-refractivity contribution is 8.16. The van der Waals surface area contributed by atoms with Gasteiger partial charge in [0.15, 0.2) is 6.61 Å². The van der Waals surface area contributed by atoms with Crippen molar-refractivity contribution in [2.45, 2.75) is 17.0 Å². The summed E-state index contributed by atoms with van der Waals surface area (Å²) in [6.45, 7) is -0.0453. The monoisotopic (exact) mass is 425 g/mol. The molecule has 2 aromatic carbocycles. The van der Waals surface area contributed by atoms with E-state index in [0.29, 0.717) is 16.1 Å². The summed E-state index contributed by atoms with van der Waals surface area (Å²) in [6, 6.07) is 21.2. The van der Waals surface area contributed by atoms with E-state index in [2.05, 4.69) is 17.4 Å². The van der Waals surface area contributed by atoms with E-state index in [1.54, 1.807) is 6.26 Å². The molecule has 1 N–H and O–H groups in total. The second kappa shape index (κ2) is 9.94. The maximum Gasteiger partial charge on any atom is 0.258 e. The maximum atomic E-state index is 12.5. The van der Waals surface area contributed by atoms with Crippen LogP contribution in [0.2, 0.25) is 0 Å². The molecule has 29 heavy (non-hydrogen) atoms. The molecule has 0 aliphatic carbocycles. The molecule has 1 fully saturated rings. The fraction of sp³-hybridized carbons (Fsp3) is 0.261. The lowest BCUT2D eigenvalue weighted by atomic mass is 10.0. The van der Waals surface area contributed by atoms with Gasteiger partial charge < -0.3 is 14.5 Å². The minimum absolute atomic E-state index is 0.0453. The van der Waals surface area contributed by atoms with Gasteiger partial charge in [-0.05, 0) is 53.3 Å². The first-order valence-corrected chi connectivity index (χ1v) is 11.7. The Morgan fingerprint density at radius 1 is 1.03 bits per heavy atom. The SMILES string of the molecule is O=C(COc1ccc(C2SCCCS2)cc1)NC(c1ccccc1)c1ccco1. The third kappa shape index (κ3) is 5.40. The number of hydrogen-bond donors (Lipinski definition) is 1. The lowest BCUT2D eigenvalue weighted by molar-refractivity contribution is -0.123. The molecule has 1 atom stereocenters. The molecule has 1 unspecified atom stereocenters. The molecule has 1 aliphatic heterocycles. The van der Waals surface area contributed by atoms with Gasteiger partial charge in [-0.15, -0.1) is 23.5 Å². The second-order valence-corrected chi connectivity index (χ2v) is 9.44. The van der Waals surface area contributed by atoms with Crippen molar-refractivity contribution in [3.05, 3.63) is 89.9 Å². The van der Waals surface area contributed by atoms with E-state index in [1.165, 1.54) is 23.5 Å². The van der Waals surface area contributed by atoms with Crippen LogP contribution in [0, 0.1) is 0 Å². The van der Waals surface area contributed by atoms with Gasteiger partial charge in [-0.3, -0.25) is 4.79 Å². The topological polar surface area (TPSA) is 51.5 Å². The van der Waals surface area contributed by atoms with Crippen LogP contribution >= 0.6 is 23.5 Å². The van der Waals surface area contributed by atoms with Crippen molar-refractivity contribution >= 4 is 29.4 Å². The summed E-state index contributed by atoms with van der Waals surface area (Å²) < 4.78 is 11.7. The standard InChI is InChI=1S/C23H23NO3S2/c25-21(24-22(20-8-4-13-26-20)17-6-2-1-3-7-17)16-27-19-11-9-18(10-12-19)23-28-14-5-15-29-23/h1-4,6-13,22-23H,5,14-16H2,(H,24,25). The number of nitrogens with one attached hydrogen (secondary N) is 1. The Morgan fingerprint density at radius 3 is 2.48 bits per heavy atom. The van der Waals surface area contributed by atoms with Crippen LogP contribution in [0.3, 0.4) is 0 Å². The number of amides is 1. The second-order valence-electron chi connectivity index (χ2n) is 6.71. The minimum Gasteiger partial charge on any atom is -0.484 e. The van der Waals surface area contributed by atoms with Gasteiger partial charge in [0, 0.05) is 0 Å². The average Bonchev–Trinajstić information content (AvgIpc) is 3.32. The van der Waals surface area contributed by atoms with Crippen LogP contribution in [-0.2, 0) is 4.79 Å². The van der Waals surface area contributed by atoms with Crippen molar-refractivity contribution in [2.24, 2.45) is 0 Å². The molecule has 4 nitrogen and oxygen atoms in total. The highest BCUT2D eigenvalue weighted by Crippen LogP contribution is 2.43. The number of ether oxygens (including phenoxy) is 1. The molecule has 0 spiro atoms. The summed E-state index contributed by atoms with van der Waals surface area (Å²) in [5, 5.41) is 3.00. The van der Waals surface area contributed by atoms with Crippen LogP contribution in [0.4, 0.5) is 0 Å². The molecule has 0 bridgehead atoms. The van der Waals surface area contributed by atoms with Crippen LogP contribution in [0.1, 0.15) is 33.9 Å². The van der Waals surface area contributed by atoms with Crippen molar-refractivity contribution in [2.75, 3.05) is 18.1 Å². The minimum atomic E-state index is -0.343. The average molecular weight is 426 g/mol. The first-order chi connectivity index (χ1) is 14.3. The van der Waals surface area contributed by atoms with Gasteiger partial charge >= 0.3 is 0 Å². The van der Waals surface area contributed by atoms with E-state index in [1.807, 2.05) is 78.1 Å².